The van der Waals surface area contributed by atoms with E-state index in [0.717, 1.165) is 12.1 Å². The third-order valence-corrected chi connectivity index (χ3v) is 2.80. The van der Waals surface area contributed by atoms with Crippen molar-refractivity contribution < 1.29 is 14.6 Å². The minimum absolute atomic E-state index is 0.0510. The lowest BCUT2D eigenvalue weighted by Gasteiger charge is -2.22. The number of nitrogens with one attached hydrogen (secondary N) is 1. The molecule has 4 heteroatoms. The van der Waals surface area contributed by atoms with Gasteiger partial charge in [-0.3, -0.25) is 0 Å². The molecule has 2 N–H and O–H groups in total. The minimum atomic E-state index is -0.281. The highest BCUT2D eigenvalue weighted by molar-refractivity contribution is 5.88. The van der Waals surface area contributed by atoms with Gasteiger partial charge in [-0.05, 0) is 24.1 Å². The van der Waals surface area contributed by atoms with Crippen molar-refractivity contribution in [2.75, 3.05) is 13.7 Å². The molecule has 0 aromatic heterocycles. The number of phenols is 1. The van der Waals surface area contributed by atoms with E-state index in [1.165, 1.54) is 7.11 Å². The highest BCUT2D eigenvalue weighted by Crippen LogP contribution is 2.24. The number of benzene rings is 1. The molecule has 1 aromatic rings. The molecule has 2 rings (SSSR count). The molecule has 1 aromatic carbocycles. The van der Waals surface area contributed by atoms with Crippen LogP contribution < -0.4 is 5.32 Å². The first-order chi connectivity index (χ1) is 8.20. The summed E-state index contributed by atoms with van der Waals surface area (Å²) in [6.07, 6.45) is 2.52. The van der Waals surface area contributed by atoms with Crippen LogP contribution in [0.5, 0.6) is 5.75 Å². The second kappa shape index (κ2) is 5.01. The van der Waals surface area contributed by atoms with Gasteiger partial charge in [-0.25, -0.2) is 4.79 Å². The molecule has 1 atom stereocenters. The first-order valence-corrected chi connectivity index (χ1v) is 5.52. The molecule has 1 heterocycles. The average molecular weight is 233 g/mol. The standard InChI is InChI=1S/C13H15NO3/c1-17-13(16)10-5-6-14-12(8-10)9-3-2-4-11(15)7-9/h2-4,7-8,12,14-15H,5-6H2,1H3. The normalized spacial score (nSPS) is 19.6. The Balaban J connectivity index is 2.25. The maximum atomic E-state index is 11.4. The molecule has 0 bridgehead atoms. The summed E-state index contributed by atoms with van der Waals surface area (Å²) < 4.78 is 4.71. The van der Waals surface area contributed by atoms with Gasteiger partial charge in [0.1, 0.15) is 5.75 Å². The lowest BCUT2D eigenvalue weighted by molar-refractivity contribution is -0.136. The molecular formula is C13H15NO3. The minimum Gasteiger partial charge on any atom is -0.508 e. The molecule has 0 saturated carbocycles. The number of carbonyl (C=O) groups excluding carboxylic acids is 1. The number of methoxy groups -OCH3 is 1. The van der Waals surface area contributed by atoms with Gasteiger partial charge in [-0.1, -0.05) is 18.2 Å². The van der Waals surface area contributed by atoms with E-state index < -0.39 is 0 Å². The Hall–Kier alpha value is -1.81. The van der Waals surface area contributed by atoms with Crippen molar-refractivity contribution in [2.24, 2.45) is 0 Å². The zero-order chi connectivity index (χ0) is 12.3. The molecule has 0 radical (unpaired) electrons. The summed E-state index contributed by atoms with van der Waals surface area (Å²) in [5, 5.41) is 12.7. The quantitative estimate of drug-likeness (QED) is 0.760. The van der Waals surface area contributed by atoms with Crippen molar-refractivity contribution in [3.05, 3.63) is 41.5 Å². The lowest BCUT2D eigenvalue weighted by atomic mass is 9.98. The van der Waals surface area contributed by atoms with Crippen LogP contribution in [0, 0.1) is 0 Å². The van der Waals surface area contributed by atoms with E-state index in [1.54, 1.807) is 18.2 Å². The molecule has 0 aliphatic carbocycles. The Morgan fingerprint density at radius 3 is 3.06 bits per heavy atom. The van der Waals surface area contributed by atoms with Crippen LogP contribution in [0.3, 0.4) is 0 Å². The number of hydrogen-bond donors (Lipinski definition) is 2. The Morgan fingerprint density at radius 2 is 2.35 bits per heavy atom. The van der Waals surface area contributed by atoms with Crippen LogP contribution >= 0.6 is 0 Å². The van der Waals surface area contributed by atoms with E-state index in [1.807, 2.05) is 12.1 Å². The maximum Gasteiger partial charge on any atom is 0.333 e. The Bertz CT molecular complexity index is 454. The first kappa shape index (κ1) is 11.7. The Kier molecular flexibility index (Phi) is 3.44. The van der Waals surface area contributed by atoms with E-state index >= 15 is 0 Å². The monoisotopic (exact) mass is 233 g/mol. The summed E-state index contributed by atoms with van der Waals surface area (Å²) in [5.41, 5.74) is 1.62. The zero-order valence-electron chi connectivity index (χ0n) is 9.64. The summed E-state index contributed by atoms with van der Waals surface area (Å²) in [6.45, 7) is 0.723. The van der Waals surface area contributed by atoms with Crippen molar-refractivity contribution >= 4 is 5.97 Å². The first-order valence-electron chi connectivity index (χ1n) is 5.52. The number of esters is 1. The van der Waals surface area contributed by atoms with Crippen LogP contribution in [-0.2, 0) is 9.53 Å². The van der Waals surface area contributed by atoms with E-state index in [4.69, 9.17) is 4.74 Å². The maximum absolute atomic E-state index is 11.4. The lowest BCUT2D eigenvalue weighted by Crippen LogP contribution is -2.27. The fourth-order valence-corrected chi connectivity index (χ4v) is 1.94. The summed E-state index contributed by atoms with van der Waals surface area (Å²) in [6, 6.07) is 6.96. The number of phenolic OH excluding ortho intramolecular Hbond substituents is 1. The van der Waals surface area contributed by atoms with Crippen LogP contribution in [0.4, 0.5) is 0 Å². The predicted molar refractivity (Wildman–Crippen MR) is 63.6 cm³/mol. The van der Waals surface area contributed by atoms with Crippen molar-refractivity contribution in [2.45, 2.75) is 12.5 Å². The van der Waals surface area contributed by atoms with Gasteiger partial charge in [0.15, 0.2) is 0 Å². The Labute approximate surface area is 99.9 Å². The summed E-state index contributed by atoms with van der Waals surface area (Å²) >= 11 is 0. The second-order valence-electron chi connectivity index (χ2n) is 3.96. The number of aromatic hydroxyl groups is 1. The third-order valence-electron chi connectivity index (χ3n) is 2.80. The summed E-state index contributed by atoms with van der Waals surface area (Å²) in [7, 11) is 1.38. The van der Waals surface area contributed by atoms with Gasteiger partial charge in [0.05, 0.1) is 13.2 Å². The molecule has 17 heavy (non-hydrogen) atoms. The number of hydrogen-bond acceptors (Lipinski definition) is 4. The zero-order valence-corrected chi connectivity index (χ0v) is 9.64. The van der Waals surface area contributed by atoms with E-state index in [2.05, 4.69) is 5.32 Å². The van der Waals surface area contributed by atoms with Crippen molar-refractivity contribution in [1.29, 1.82) is 0 Å². The van der Waals surface area contributed by atoms with Gasteiger partial charge < -0.3 is 15.2 Å². The molecule has 1 aliphatic rings. The number of ether oxygens (including phenoxy) is 1. The molecule has 0 fully saturated rings. The molecule has 0 saturated heterocycles. The fraction of sp³-hybridized carbons (Fsp3) is 0.308. The molecular weight excluding hydrogens is 218 g/mol. The van der Waals surface area contributed by atoms with Crippen molar-refractivity contribution in [1.82, 2.24) is 5.32 Å². The summed E-state index contributed by atoms with van der Waals surface area (Å²) in [5.74, 6) is -0.0560. The SMILES string of the molecule is COC(=O)C1=CC(c2cccc(O)c2)NCC1. The van der Waals surface area contributed by atoms with Gasteiger partial charge in [0.2, 0.25) is 0 Å². The molecule has 0 amide bonds. The van der Waals surface area contributed by atoms with E-state index in [0.29, 0.717) is 12.0 Å². The summed E-state index contributed by atoms with van der Waals surface area (Å²) in [4.78, 5) is 11.4. The van der Waals surface area contributed by atoms with Gasteiger partial charge in [-0.2, -0.15) is 0 Å². The van der Waals surface area contributed by atoms with Crippen molar-refractivity contribution in [3.8, 4) is 5.75 Å². The smallest absolute Gasteiger partial charge is 0.333 e. The molecule has 0 spiro atoms. The van der Waals surface area contributed by atoms with Crippen LogP contribution in [0.1, 0.15) is 18.0 Å². The predicted octanol–water partition coefficient (Wildman–Crippen LogP) is 1.53. The van der Waals surface area contributed by atoms with Gasteiger partial charge in [-0.15, -0.1) is 0 Å². The van der Waals surface area contributed by atoms with Crippen LogP contribution in [0.2, 0.25) is 0 Å². The fourth-order valence-electron chi connectivity index (χ4n) is 1.94. The Morgan fingerprint density at radius 1 is 1.53 bits per heavy atom. The molecule has 1 aliphatic heterocycles. The van der Waals surface area contributed by atoms with Crippen LogP contribution in [0.15, 0.2) is 35.9 Å². The van der Waals surface area contributed by atoms with E-state index in [-0.39, 0.29) is 17.8 Å². The number of carbonyl (C=O) groups is 1. The molecule has 90 valence electrons. The van der Waals surface area contributed by atoms with Crippen LogP contribution in [0.25, 0.3) is 0 Å². The van der Waals surface area contributed by atoms with Gasteiger partial charge in [0, 0.05) is 12.1 Å². The largest absolute Gasteiger partial charge is 0.508 e. The molecule has 4 nitrogen and oxygen atoms in total. The van der Waals surface area contributed by atoms with Crippen LogP contribution in [-0.4, -0.2) is 24.7 Å². The average Bonchev–Trinajstić information content (AvgIpc) is 2.38. The molecule has 1 unspecified atom stereocenters. The van der Waals surface area contributed by atoms with Gasteiger partial charge in [0.25, 0.3) is 0 Å². The highest BCUT2D eigenvalue weighted by Gasteiger charge is 2.19. The van der Waals surface area contributed by atoms with E-state index in [9.17, 15) is 9.90 Å². The number of rotatable bonds is 2. The van der Waals surface area contributed by atoms with Gasteiger partial charge >= 0.3 is 5.97 Å². The highest BCUT2D eigenvalue weighted by atomic mass is 16.5. The third kappa shape index (κ3) is 2.65. The topological polar surface area (TPSA) is 58.6 Å². The second-order valence-corrected chi connectivity index (χ2v) is 3.96. The van der Waals surface area contributed by atoms with Crippen molar-refractivity contribution in [3.63, 3.8) is 0 Å².